The average molecular weight is 246 g/mol. The van der Waals surface area contributed by atoms with Crippen LogP contribution in [-0.4, -0.2) is 20.0 Å². The van der Waals surface area contributed by atoms with Crippen molar-refractivity contribution in [3.05, 3.63) is 60.5 Å². The fourth-order valence-corrected chi connectivity index (χ4v) is 1.84. The Morgan fingerprint density at radius 2 is 2.00 bits per heavy atom. The number of rotatable bonds is 5. The van der Waals surface area contributed by atoms with Gasteiger partial charge < -0.3 is 10.2 Å². The highest BCUT2D eigenvalue weighted by Gasteiger charge is 2.20. The van der Waals surface area contributed by atoms with Gasteiger partial charge in [-0.2, -0.15) is 5.10 Å². The molecule has 4 heteroatoms. The third kappa shape index (κ3) is 2.85. The first-order valence-electron chi connectivity index (χ1n) is 5.54. The summed E-state index contributed by atoms with van der Waals surface area (Å²) >= 11 is 0. The number of aromatic nitrogens is 2. The predicted octanol–water partition coefficient (Wildman–Crippen LogP) is 2.02. The normalized spacial score (nSPS) is 12.4. The number of aryl methyl sites for hydroxylation is 2. The standard InChI is InChI=1S/C14H18N2O2/c1-5-7-9-11(8-6-2)13-12(14(17)18)10(3)15-16(13)4/h5-9,14,17-18H,1-2H2,3-4H3/b9-7-,11-8+. The van der Waals surface area contributed by atoms with Crippen molar-refractivity contribution >= 4 is 5.57 Å². The molecule has 0 spiro atoms. The van der Waals surface area contributed by atoms with Crippen molar-refractivity contribution in [1.82, 2.24) is 9.78 Å². The van der Waals surface area contributed by atoms with E-state index >= 15 is 0 Å². The zero-order valence-corrected chi connectivity index (χ0v) is 10.7. The van der Waals surface area contributed by atoms with Gasteiger partial charge in [0.05, 0.1) is 17.0 Å². The molecule has 0 bridgehead atoms. The molecule has 96 valence electrons. The second kappa shape index (κ2) is 6.14. The molecule has 0 fully saturated rings. The first-order chi connectivity index (χ1) is 8.52. The Morgan fingerprint density at radius 3 is 2.50 bits per heavy atom. The summed E-state index contributed by atoms with van der Waals surface area (Å²) in [7, 11) is 1.76. The number of allylic oxidation sites excluding steroid dienone is 6. The molecule has 4 nitrogen and oxygen atoms in total. The molecule has 0 aromatic carbocycles. The molecule has 18 heavy (non-hydrogen) atoms. The van der Waals surface area contributed by atoms with Crippen molar-refractivity contribution < 1.29 is 10.2 Å². The molecule has 2 N–H and O–H groups in total. The van der Waals surface area contributed by atoms with E-state index in [-0.39, 0.29) is 0 Å². The highest BCUT2D eigenvalue weighted by molar-refractivity contribution is 5.76. The molecule has 0 aliphatic heterocycles. The molecular weight excluding hydrogens is 228 g/mol. The van der Waals surface area contributed by atoms with Gasteiger partial charge in [0.2, 0.25) is 0 Å². The fraction of sp³-hybridized carbons (Fsp3) is 0.214. The summed E-state index contributed by atoms with van der Waals surface area (Å²) in [5, 5.41) is 23.1. The molecule has 1 aromatic heterocycles. The van der Waals surface area contributed by atoms with Crippen molar-refractivity contribution in [2.45, 2.75) is 13.2 Å². The molecule has 1 heterocycles. The Labute approximate surface area is 107 Å². The average Bonchev–Trinajstić information content (AvgIpc) is 2.59. The van der Waals surface area contributed by atoms with E-state index in [1.807, 2.05) is 6.08 Å². The van der Waals surface area contributed by atoms with Crippen LogP contribution in [0.25, 0.3) is 5.57 Å². The minimum absolute atomic E-state index is 0.402. The van der Waals surface area contributed by atoms with Crippen molar-refractivity contribution in [2.24, 2.45) is 7.05 Å². The van der Waals surface area contributed by atoms with E-state index in [0.717, 1.165) is 5.57 Å². The van der Waals surface area contributed by atoms with Gasteiger partial charge in [-0.3, -0.25) is 4.68 Å². The second-order valence-corrected chi connectivity index (χ2v) is 3.80. The maximum Gasteiger partial charge on any atom is 0.182 e. The summed E-state index contributed by atoms with van der Waals surface area (Å²) in [5.41, 5.74) is 2.43. The fourth-order valence-electron chi connectivity index (χ4n) is 1.84. The number of nitrogens with zero attached hydrogens (tertiary/aromatic N) is 2. The second-order valence-electron chi connectivity index (χ2n) is 3.80. The van der Waals surface area contributed by atoms with Crippen LogP contribution in [0, 0.1) is 6.92 Å². The maximum absolute atomic E-state index is 9.45. The van der Waals surface area contributed by atoms with E-state index in [1.165, 1.54) is 0 Å². The molecule has 0 radical (unpaired) electrons. The molecule has 0 aliphatic carbocycles. The van der Waals surface area contributed by atoms with Gasteiger partial charge in [-0.1, -0.05) is 43.5 Å². The van der Waals surface area contributed by atoms with Crippen molar-refractivity contribution in [1.29, 1.82) is 0 Å². The predicted molar refractivity (Wildman–Crippen MR) is 72.6 cm³/mol. The monoisotopic (exact) mass is 246 g/mol. The van der Waals surface area contributed by atoms with Crippen LogP contribution in [0.5, 0.6) is 0 Å². The van der Waals surface area contributed by atoms with Crippen LogP contribution in [0.3, 0.4) is 0 Å². The summed E-state index contributed by atoms with van der Waals surface area (Å²) in [6.45, 7) is 9.00. The number of aliphatic hydroxyl groups excluding tert-OH is 1. The minimum atomic E-state index is -1.56. The van der Waals surface area contributed by atoms with Crippen LogP contribution in [0.4, 0.5) is 0 Å². The summed E-state index contributed by atoms with van der Waals surface area (Å²) in [6, 6.07) is 0. The third-order valence-electron chi connectivity index (χ3n) is 2.51. The summed E-state index contributed by atoms with van der Waals surface area (Å²) in [5.74, 6) is 0. The SMILES string of the molecule is C=C/C=C\C(=C/C=C)c1c(C(O)O)c(C)nn1C. The van der Waals surface area contributed by atoms with Crippen LogP contribution >= 0.6 is 0 Å². The van der Waals surface area contributed by atoms with E-state index in [4.69, 9.17) is 0 Å². The quantitative estimate of drug-likeness (QED) is 0.617. The van der Waals surface area contributed by atoms with Crippen LogP contribution < -0.4 is 0 Å². The van der Waals surface area contributed by atoms with Crippen LogP contribution in [0.2, 0.25) is 0 Å². The Balaban J connectivity index is 3.45. The van der Waals surface area contributed by atoms with Gasteiger partial charge >= 0.3 is 0 Å². The molecule has 0 amide bonds. The van der Waals surface area contributed by atoms with Crippen molar-refractivity contribution in [3.63, 3.8) is 0 Å². The summed E-state index contributed by atoms with van der Waals surface area (Å²) in [4.78, 5) is 0. The molecule has 0 saturated carbocycles. The van der Waals surface area contributed by atoms with Gasteiger partial charge in [0.15, 0.2) is 6.29 Å². The van der Waals surface area contributed by atoms with Gasteiger partial charge in [0.1, 0.15) is 0 Å². The molecule has 0 aliphatic rings. The van der Waals surface area contributed by atoms with Gasteiger partial charge in [0.25, 0.3) is 0 Å². The molecular formula is C14H18N2O2. The topological polar surface area (TPSA) is 58.3 Å². The lowest BCUT2D eigenvalue weighted by Gasteiger charge is -2.09. The lowest BCUT2D eigenvalue weighted by Crippen LogP contribution is -2.03. The Kier molecular flexibility index (Phi) is 4.83. The Bertz CT molecular complexity index is 508. The number of hydrogen-bond donors (Lipinski definition) is 2. The van der Waals surface area contributed by atoms with Crippen LogP contribution in [0.15, 0.2) is 43.5 Å². The third-order valence-corrected chi connectivity index (χ3v) is 2.51. The highest BCUT2D eigenvalue weighted by atomic mass is 16.5. The zero-order chi connectivity index (χ0) is 13.7. The van der Waals surface area contributed by atoms with Crippen LogP contribution in [-0.2, 0) is 7.05 Å². The van der Waals surface area contributed by atoms with Crippen molar-refractivity contribution in [2.75, 3.05) is 0 Å². The molecule has 1 aromatic rings. The summed E-state index contributed by atoms with van der Waals surface area (Å²) in [6.07, 6.45) is 7.09. The van der Waals surface area contributed by atoms with Gasteiger partial charge in [-0.05, 0) is 6.92 Å². The maximum atomic E-state index is 9.45. The van der Waals surface area contributed by atoms with E-state index in [0.29, 0.717) is 17.0 Å². The Morgan fingerprint density at radius 1 is 1.33 bits per heavy atom. The van der Waals surface area contributed by atoms with E-state index < -0.39 is 6.29 Å². The van der Waals surface area contributed by atoms with Gasteiger partial charge in [-0.15, -0.1) is 0 Å². The zero-order valence-electron chi connectivity index (χ0n) is 10.7. The number of hydrogen-bond acceptors (Lipinski definition) is 3. The lowest BCUT2D eigenvalue weighted by molar-refractivity contribution is -0.0431. The molecule has 0 saturated heterocycles. The van der Waals surface area contributed by atoms with E-state index in [1.54, 1.807) is 43.0 Å². The largest absolute Gasteiger partial charge is 0.364 e. The molecule has 0 atom stereocenters. The smallest absolute Gasteiger partial charge is 0.182 e. The van der Waals surface area contributed by atoms with Crippen LogP contribution in [0.1, 0.15) is 23.2 Å². The lowest BCUT2D eigenvalue weighted by atomic mass is 10.0. The highest BCUT2D eigenvalue weighted by Crippen LogP contribution is 2.27. The molecule has 0 unspecified atom stereocenters. The van der Waals surface area contributed by atoms with Gasteiger partial charge in [0, 0.05) is 12.6 Å². The Hall–Kier alpha value is -1.91. The molecule has 1 rings (SSSR count). The first kappa shape index (κ1) is 14.2. The minimum Gasteiger partial charge on any atom is -0.364 e. The van der Waals surface area contributed by atoms with E-state index in [9.17, 15) is 10.2 Å². The number of aliphatic hydroxyl groups is 2. The summed E-state index contributed by atoms with van der Waals surface area (Å²) < 4.78 is 1.62. The van der Waals surface area contributed by atoms with Gasteiger partial charge in [-0.25, -0.2) is 0 Å². The first-order valence-corrected chi connectivity index (χ1v) is 5.54. The van der Waals surface area contributed by atoms with Crippen molar-refractivity contribution in [3.8, 4) is 0 Å². The van der Waals surface area contributed by atoms with E-state index in [2.05, 4.69) is 18.3 Å².